The van der Waals surface area contributed by atoms with Crippen molar-refractivity contribution in [2.75, 3.05) is 0 Å². The zero-order valence-corrected chi connectivity index (χ0v) is 9.44. The fraction of sp³-hybridized carbons (Fsp3) is 0.600. The first-order valence-corrected chi connectivity index (χ1v) is 4.93. The van der Waals surface area contributed by atoms with Crippen LogP contribution in [0.4, 0.5) is 0 Å². The summed E-state index contributed by atoms with van der Waals surface area (Å²) in [6.45, 7) is 6.67. The molecule has 0 amide bonds. The largest absolute Gasteiger partial charge is 0.409 e. The lowest BCUT2D eigenvalue weighted by atomic mass is 9.88. The van der Waals surface area contributed by atoms with Crippen molar-refractivity contribution in [1.29, 1.82) is 0 Å². The highest BCUT2D eigenvalue weighted by atomic mass is 16.4. The summed E-state index contributed by atoms with van der Waals surface area (Å²) >= 11 is 0. The van der Waals surface area contributed by atoms with Crippen LogP contribution in [-0.2, 0) is 6.54 Å². The summed E-state index contributed by atoms with van der Waals surface area (Å²) in [5, 5.41) is 11.7. The Labute approximate surface area is 89.6 Å². The molecule has 0 atom stereocenters. The molecule has 0 aliphatic rings. The van der Waals surface area contributed by atoms with Crippen LogP contribution in [0.25, 0.3) is 0 Å². The van der Waals surface area contributed by atoms with Gasteiger partial charge in [-0.05, 0) is 13.3 Å². The summed E-state index contributed by atoms with van der Waals surface area (Å²) in [6.07, 6.45) is 4.50. The first-order chi connectivity index (χ1) is 6.97. The highest BCUT2D eigenvalue weighted by Crippen LogP contribution is 2.21. The Morgan fingerprint density at radius 2 is 2.33 bits per heavy atom. The molecule has 3 N–H and O–H groups in total. The molecule has 1 aromatic heterocycles. The van der Waals surface area contributed by atoms with Gasteiger partial charge in [0.25, 0.3) is 0 Å². The van der Waals surface area contributed by atoms with Gasteiger partial charge in [-0.2, -0.15) is 0 Å². The number of aryl methyl sites for hydroxylation is 2. The maximum Gasteiger partial charge on any atom is 0.144 e. The van der Waals surface area contributed by atoms with E-state index in [9.17, 15) is 0 Å². The molecule has 1 rings (SSSR count). The molecule has 0 unspecified atom stereocenters. The summed E-state index contributed by atoms with van der Waals surface area (Å²) in [5.41, 5.74) is 5.30. The molecule has 1 aromatic rings. The van der Waals surface area contributed by atoms with Crippen LogP contribution in [0.1, 0.15) is 26.1 Å². The standard InChI is InChI=1S/C10H18N4O/c1-8-12-5-7-14(8)6-4-10(2,3)9(11)13-15/h5,7,15H,4,6H2,1-3H3,(H2,11,13). The van der Waals surface area contributed by atoms with Crippen molar-refractivity contribution in [3.8, 4) is 0 Å². The summed E-state index contributed by atoms with van der Waals surface area (Å²) in [4.78, 5) is 4.13. The van der Waals surface area contributed by atoms with Gasteiger partial charge in [0.2, 0.25) is 0 Å². The van der Waals surface area contributed by atoms with Gasteiger partial charge in [0.1, 0.15) is 11.7 Å². The van der Waals surface area contributed by atoms with Gasteiger partial charge in [0.05, 0.1) is 0 Å². The molecule has 0 fully saturated rings. The summed E-state index contributed by atoms with van der Waals surface area (Å²) in [5.74, 6) is 1.24. The number of nitrogens with zero attached hydrogens (tertiary/aromatic N) is 3. The lowest BCUT2D eigenvalue weighted by Crippen LogP contribution is -2.33. The molecule has 0 spiro atoms. The molecule has 0 aliphatic heterocycles. The molecule has 0 saturated carbocycles. The van der Waals surface area contributed by atoms with Crippen LogP contribution in [0.5, 0.6) is 0 Å². The van der Waals surface area contributed by atoms with Crippen molar-refractivity contribution in [3.05, 3.63) is 18.2 Å². The number of rotatable bonds is 4. The fourth-order valence-corrected chi connectivity index (χ4v) is 1.30. The van der Waals surface area contributed by atoms with E-state index < -0.39 is 0 Å². The van der Waals surface area contributed by atoms with E-state index in [-0.39, 0.29) is 11.3 Å². The smallest absolute Gasteiger partial charge is 0.144 e. The minimum absolute atomic E-state index is 0.264. The molecular weight excluding hydrogens is 192 g/mol. The number of amidine groups is 1. The Balaban J connectivity index is 2.61. The van der Waals surface area contributed by atoms with E-state index in [0.29, 0.717) is 0 Å². The number of aromatic nitrogens is 2. The van der Waals surface area contributed by atoms with Crippen molar-refractivity contribution in [2.24, 2.45) is 16.3 Å². The van der Waals surface area contributed by atoms with Gasteiger partial charge < -0.3 is 15.5 Å². The molecule has 15 heavy (non-hydrogen) atoms. The third-order valence-electron chi connectivity index (χ3n) is 2.70. The molecular formula is C10H18N4O. The Hall–Kier alpha value is -1.52. The van der Waals surface area contributed by atoms with E-state index in [2.05, 4.69) is 10.1 Å². The highest BCUT2D eigenvalue weighted by molar-refractivity contribution is 5.85. The van der Waals surface area contributed by atoms with E-state index in [1.54, 1.807) is 6.20 Å². The second-order valence-corrected chi connectivity index (χ2v) is 4.29. The molecule has 0 aromatic carbocycles. The number of hydrogen-bond acceptors (Lipinski definition) is 3. The van der Waals surface area contributed by atoms with Crippen LogP contribution in [-0.4, -0.2) is 20.6 Å². The lowest BCUT2D eigenvalue weighted by molar-refractivity contribution is 0.303. The van der Waals surface area contributed by atoms with Crippen LogP contribution < -0.4 is 5.73 Å². The van der Waals surface area contributed by atoms with E-state index in [1.165, 1.54) is 0 Å². The number of oxime groups is 1. The maximum atomic E-state index is 8.63. The van der Waals surface area contributed by atoms with Crippen LogP contribution in [0.15, 0.2) is 17.5 Å². The number of nitrogens with two attached hydrogens (primary N) is 1. The molecule has 0 bridgehead atoms. The fourth-order valence-electron chi connectivity index (χ4n) is 1.30. The molecule has 5 nitrogen and oxygen atoms in total. The van der Waals surface area contributed by atoms with Crippen LogP contribution >= 0.6 is 0 Å². The summed E-state index contributed by atoms with van der Waals surface area (Å²) < 4.78 is 2.05. The van der Waals surface area contributed by atoms with Gasteiger partial charge in [-0.3, -0.25) is 0 Å². The van der Waals surface area contributed by atoms with Crippen molar-refractivity contribution in [1.82, 2.24) is 9.55 Å². The molecule has 84 valence electrons. The first-order valence-electron chi connectivity index (χ1n) is 4.93. The number of hydrogen-bond donors (Lipinski definition) is 2. The monoisotopic (exact) mass is 210 g/mol. The van der Waals surface area contributed by atoms with Gasteiger partial charge >= 0.3 is 0 Å². The predicted molar refractivity (Wildman–Crippen MR) is 58.8 cm³/mol. The highest BCUT2D eigenvalue weighted by Gasteiger charge is 2.23. The van der Waals surface area contributed by atoms with Gasteiger partial charge in [0, 0.05) is 24.4 Å². The quantitative estimate of drug-likeness (QED) is 0.341. The summed E-state index contributed by atoms with van der Waals surface area (Å²) in [7, 11) is 0. The van der Waals surface area contributed by atoms with E-state index in [1.807, 2.05) is 31.5 Å². The average molecular weight is 210 g/mol. The van der Waals surface area contributed by atoms with Gasteiger partial charge in [0.15, 0.2) is 0 Å². The molecule has 1 heterocycles. The SMILES string of the molecule is Cc1nccn1CCC(C)(C)C(N)=NO. The van der Waals surface area contributed by atoms with Gasteiger partial charge in [-0.25, -0.2) is 4.98 Å². The molecule has 5 heteroatoms. The molecule has 0 aliphatic carbocycles. The van der Waals surface area contributed by atoms with Gasteiger partial charge in [-0.1, -0.05) is 19.0 Å². The topological polar surface area (TPSA) is 76.4 Å². The second kappa shape index (κ2) is 4.33. The summed E-state index contributed by atoms with van der Waals surface area (Å²) in [6, 6.07) is 0. The van der Waals surface area contributed by atoms with E-state index >= 15 is 0 Å². The normalized spacial score (nSPS) is 13.1. The Morgan fingerprint density at radius 1 is 1.67 bits per heavy atom. The van der Waals surface area contributed by atoms with Crippen LogP contribution in [0.2, 0.25) is 0 Å². The minimum Gasteiger partial charge on any atom is -0.409 e. The zero-order chi connectivity index (χ0) is 11.5. The third-order valence-corrected chi connectivity index (χ3v) is 2.70. The lowest BCUT2D eigenvalue weighted by Gasteiger charge is -2.23. The van der Waals surface area contributed by atoms with E-state index in [4.69, 9.17) is 10.9 Å². The van der Waals surface area contributed by atoms with Crippen LogP contribution in [0, 0.1) is 12.3 Å². The Bertz CT molecular complexity index is 354. The Morgan fingerprint density at radius 3 is 2.80 bits per heavy atom. The second-order valence-electron chi connectivity index (χ2n) is 4.29. The average Bonchev–Trinajstić information content (AvgIpc) is 2.60. The number of imidazole rings is 1. The first kappa shape index (κ1) is 11.6. The van der Waals surface area contributed by atoms with Crippen molar-refractivity contribution in [3.63, 3.8) is 0 Å². The maximum absolute atomic E-state index is 8.63. The predicted octanol–water partition coefficient (Wildman–Crippen LogP) is 1.35. The van der Waals surface area contributed by atoms with Crippen LogP contribution in [0.3, 0.4) is 0 Å². The molecule has 0 radical (unpaired) electrons. The third kappa shape index (κ3) is 2.71. The zero-order valence-electron chi connectivity index (χ0n) is 9.44. The van der Waals surface area contributed by atoms with Crippen molar-refractivity contribution < 1.29 is 5.21 Å². The van der Waals surface area contributed by atoms with Gasteiger partial charge in [-0.15, -0.1) is 0 Å². The molecule has 0 saturated heterocycles. The van der Waals surface area contributed by atoms with Crippen molar-refractivity contribution in [2.45, 2.75) is 33.7 Å². The Kier molecular flexibility index (Phi) is 3.34. The van der Waals surface area contributed by atoms with E-state index in [0.717, 1.165) is 18.8 Å². The van der Waals surface area contributed by atoms with Crippen molar-refractivity contribution >= 4 is 5.84 Å². The minimum atomic E-state index is -0.300.